The van der Waals surface area contributed by atoms with Gasteiger partial charge in [-0.05, 0) is 30.7 Å². The number of amides is 1. The fourth-order valence-corrected chi connectivity index (χ4v) is 3.29. The number of furan rings is 1. The van der Waals surface area contributed by atoms with Crippen molar-refractivity contribution in [3.05, 3.63) is 59.9 Å². The Bertz CT molecular complexity index is 1040. The smallest absolute Gasteiger partial charge is 0.316 e. The van der Waals surface area contributed by atoms with E-state index in [4.69, 9.17) is 14.4 Å². The van der Waals surface area contributed by atoms with Gasteiger partial charge in [-0.25, -0.2) is 0 Å². The number of aryl methyl sites for hydroxylation is 1. The fourth-order valence-electron chi connectivity index (χ4n) is 2.47. The van der Waals surface area contributed by atoms with E-state index in [1.165, 1.54) is 11.8 Å². The molecule has 1 heterocycles. The third-order valence-electron chi connectivity index (χ3n) is 3.76. The summed E-state index contributed by atoms with van der Waals surface area (Å²) in [6.45, 7) is 1.53. The van der Waals surface area contributed by atoms with E-state index < -0.39 is 18.5 Å². The standard InChI is InChI=1S/C20H16N2O4S/c1-13-6-2-5-9-17(13)27-12-19(24)25-11-18(23)22-20-14-7-3-4-8-15(14)26-16(20)10-21/h2-9H,11-12H2,1H3,(H,22,23). The Morgan fingerprint density at radius 2 is 1.93 bits per heavy atom. The number of nitrogens with zero attached hydrogens (tertiary/aromatic N) is 1. The van der Waals surface area contributed by atoms with Gasteiger partial charge in [0.1, 0.15) is 17.3 Å². The molecule has 0 unspecified atom stereocenters. The number of thioether (sulfide) groups is 1. The molecule has 0 spiro atoms. The molecule has 27 heavy (non-hydrogen) atoms. The predicted octanol–water partition coefficient (Wildman–Crippen LogP) is 3.89. The number of benzene rings is 2. The second-order valence-electron chi connectivity index (χ2n) is 5.68. The summed E-state index contributed by atoms with van der Waals surface area (Å²) in [5.41, 5.74) is 1.85. The van der Waals surface area contributed by atoms with Crippen LogP contribution in [0, 0.1) is 18.3 Å². The highest BCUT2D eigenvalue weighted by Gasteiger charge is 2.17. The van der Waals surface area contributed by atoms with Crippen molar-refractivity contribution in [2.24, 2.45) is 0 Å². The lowest BCUT2D eigenvalue weighted by Crippen LogP contribution is -2.21. The lowest BCUT2D eigenvalue weighted by Gasteiger charge is -2.07. The van der Waals surface area contributed by atoms with Crippen molar-refractivity contribution in [1.29, 1.82) is 5.26 Å². The van der Waals surface area contributed by atoms with E-state index in [0.29, 0.717) is 11.0 Å². The Morgan fingerprint density at radius 1 is 1.19 bits per heavy atom. The Hall–Kier alpha value is -3.24. The first-order chi connectivity index (χ1) is 13.1. The summed E-state index contributed by atoms with van der Waals surface area (Å²) in [6, 6.07) is 16.6. The summed E-state index contributed by atoms with van der Waals surface area (Å²) >= 11 is 1.36. The van der Waals surface area contributed by atoms with E-state index in [2.05, 4.69) is 5.32 Å². The minimum absolute atomic E-state index is 0.00554. The molecule has 0 aliphatic rings. The van der Waals surface area contributed by atoms with Crippen LogP contribution in [0.4, 0.5) is 5.69 Å². The van der Waals surface area contributed by atoms with Crippen LogP contribution in [0.2, 0.25) is 0 Å². The van der Waals surface area contributed by atoms with Gasteiger partial charge in [0.15, 0.2) is 6.61 Å². The zero-order valence-electron chi connectivity index (χ0n) is 14.5. The highest BCUT2D eigenvalue weighted by atomic mass is 32.2. The number of rotatable bonds is 6. The molecule has 0 aliphatic carbocycles. The average Bonchev–Trinajstić information content (AvgIpc) is 3.03. The molecule has 0 saturated heterocycles. The van der Waals surface area contributed by atoms with Crippen molar-refractivity contribution in [3.63, 3.8) is 0 Å². The summed E-state index contributed by atoms with van der Waals surface area (Å²) in [6.07, 6.45) is 0. The first kappa shape index (κ1) is 18.5. The van der Waals surface area contributed by atoms with Crippen molar-refractivity contribution in [1.82, 2.24) is 0 Å². The summed E-state index contributed by atoms with van der Waals surface area (Å²) in [4.78, 5) is 25.0. The molecule has 7 heteroatoms. The molecule has 6 nitrogen and oxygen atoms in total. The normalized spacial score (nSPS) is 10.4. The molecule has 0 bridgehead atoms. The molecule has 2 aromatic carbocycles. The molecule has 0 radical (unpaired) electrons. The van der Waals surface area contributed by atoms with Crippen LogP contribution in [-0.2, 0) is 14.3 Å². The number of nitrogens with one attached hydrogen (secondary N) is 1. The number of esters is 1. The number of hydrogen-bond donors (Lipinski definition) is 1. The Labute approximate surface area is 160 Å². The molecule has 3 rings (SSSR count). The third-order valence-corrected chi connectivity index (χ3v) is 4.91. The summed E-state index contributed by atoms with van der Waals surface area (Å²) in [7, 11) is 0. The molecule has 0 atom stereocenters. The van der Waals surface area contributed by atoms with Gasteiger partial charge in [-0.3, -0.25) is 9.59 Å². The molecule has 0 fully saturated rings. The van der Waals surface area contributed by atoms with Crippen LogP contribution < -0.4 is 5.32 Å². The van der Waals surface area contributed by atoms with Gasteiger partial charge in [-0.1, -0.05) is 30.3 Å². The monoisotopic (exact) mass is 380 g/mol. The first-order valence-electron chi connectivity index (χ1n) is 8.14. The van der Waals surface area contributed by atoms with Crippen molar-refractivity contribution in [3.8, 4) is 6.07 Å². The van der Waals surface area contributed by atoms with Gasteiger partial charge in [-0.2, -0.15) is 5.26 Å². The van der Waals surface area contributed by atoms with Gasteiger partial charge < -0.3 is 14.5 Å². The van der Waals surface area contributed by atoms with Crippen molar-refractivity contribution >= 4 is 40.3 Å². The number of anilines is 1. The van der Waals surface area contributed by atoms with Gasteiger partial charge in [0.2, 0.25) is 5.76 Å². The lowest BCUT2D eigenvalue weighted by molar-refractivity contribution is -0.144. The number of nitriles is 1. The van der Waals surface area contributed by atoms with E-state index in [1.54, 1.807) is 24.3 Å². The molecule has 0 saturated carbocycles. The van der Waals surface area contributed by atoms with Gasteiger partial charge in [0.05, 0.1) is 5.75 Å². The Morgan fingerprint density at radius 3 is 2.70 bits per heavy atom. The van der Waals surface area contributed by atoms with Gasteiger partial charge in [-0.15, -0.1) is 11.8 Å². The maximum atomic E-state index is 12.1. The number of fused-ring (bicyclic) bond motifs is 1. The molecule has 1 N–H and O–H groups in total. The second kappa shape index (κ2) is 8.43. The molecule has 136 valence electrons. The molecular weight excluding hydrogens is 364 g/mol. The first-order valence-corrected chi connectivity index (χ1v) is 9.12. The van der Waals surface area contributed by atoms with Crippen LogP contribution in [0.15, 0.2) is 57.8 Å². The third kappa shape index (κ3) is 4.49. The van der Waals surface area contributed by atoms with E-state index >= 15 is 0 Å². The van der Waals surface area contributed by atoms with Crippen molar-refractivity contribution in [2.45, 2.75) is 11.8 Å². The van der Waals surface area contributed by atoms with E-state index in [-0.39, 0.29) is 17.2 Å². The van der Waals surface area contributed by atoms with Crippen LogP contribution in [0.5, 0.6) is 0 Å². The number of para-hydroxylation sites is 1. The quantitative estimate of drug-likeness (QED) is 0.515. The number of carbonyl (C=O) groups is 2. The zero-order valence-corrected chi connectivity index (χ0v) is 15.3. The number of carbonyl (C=O) groups excluding carboxylic acids is 2. The Balaban J connectivity index is 1.55. The Kier molecular flexibility index (Phi) is 5.79. The maximum Gasteiger partial charge on any atom is 0.316 e. The van der Waals surface area contributed by atoms with E-state index in [9.17, 15) is 9.59 Å². The molecular formula is C20H16N2O4S. The summed E-state index contributed by atoms with van der Waals surface area (Å²) < 4.78 is 10.4. The van der Waals surface area contributed by atoms with Gasteiger partial charge >= 0.3 is 5.97 Å². The largest absolute Gasteiger partial charge is 0.455 e. The van der Waals surface area contributed by atoms with E-state index in [1.807, 2.05) is 37.3 Å². The van der Waals surface area contributed by atoms with Crippen molar-refractivity contribution in [2.75, 3.05) is 17.7 Å². The number of hydrogen-bond acceptors (Lipinski definition) is 6. The fraction of sp³-hybridized carbons (Fsp3) is 0.150. The highest BCUT2D eigenvalue weighted by Crippen LogP contribution is 2.30. The molecule has 1 aromatic heterocycles. The van der Waals surface area contributed by atoms with E-state index in [0.717, 1.165) is 10.5 Å². The summed E-state index contributed by atoms with van der Waals surface area (Å²) in [5.74, 6) is -0.912. The second-order valence-corrected chi connectivity index (χ2v) is 6.69. The molecule has 3 aromatic rings. The lowest BCUT2D eigenvalue weighted by atomic mass is 10.2. The SMILES string of the molecule is Cc1ccccc1SCC(=O)OCC(=O)Nc1c(C#N)oc2ccccc12. The highest BCUT2D eigenvalue weighted by molar-refractivity contribution is 8.00. The van der Waals surface area contributed by atoms with Crippen molar-refractivity contribution < 1.29 is 18.7 Å². The topological polar surface area (TPSA) is 92.3 Å². The molecule has 1 amide bonds. The van der Waals surface area contributed by atoms with Crippen LogP contribution >= 0.6 is 11.8 Å². The predicted molar refractivity (Wildman–Crippen MR) is 102 cm³/mol. The van der Waals surface area contributed by atoms with Crippen LogP contribution in [-0.4, -0.2) is 24.2 Å². The molecule has 0 aliphatic heterocycles. The minimum atomic E-state index is -0.535. The van der Waals surface area contributed by atoms with Gasteiger partial charge in [0, 0.05) is 10.3 Å². The summed E-state index contributed by atoms with van der Waals surface area (Å²) in [5, 5.41) is 12.4. The van der Waals surface area contributed by atoms with Crippen LogP contribution in [0.25, 0.3) is 11.0 Å². The number of ether oxygens (including phenoxy) is 1. The van der Waals surface area contributed by atoms with Gasteiger partial charge in [0.25, 0.3) is 5.91 Å². The van der Waals surface area contributed by atoms with Crippen LogP contribution in [0.1, 0.15) is 11.3 Å². The van der Waals surface area contributed by atoms with Crippen LogP contribution in [0.3, 0.4) is 0 Å². The maximum absolute atomic E-state index is 12.1. The zero-order chi connectivity index (χ0) is 19.2. The average molecular weight is 380 g/mol. The minimum Gasteiger partial charge on any atom is -0.455 e.